The fraction of sp³-hybridized carbons (Fsp3) is 0.750. The summed E-state index contributed by atoms with van der Waals surface area (Å²) in [6, 6.07) is 8.06. The van der Waals surface area contributed by atoms with Crippen molar-refractivity contribution >= 4 is 26.0 Å². The van der Waals surface area contributed by atoms with Gasteiger partial charge in [0.25, 0.3) is 10.1 Å². The summed E-state index contributed by atoms with van der Waals surface area (Å²) in [6.45, 7) is 5.03. The highest BCUT2D eigenvalue weighted by atomic mass is 79.9. The van der Waals surface area contributed by atoms with E-state index in [9.17, 15) is 34.0 Å². The van der Waals surface area contributed by atoms with Gasteiger partial charge in [-0.3, -0.25) is 14.0 Å². The highest BCUT2D eigenvalue weighted by Crippen LogP contribution is 2.67. The zero-order valence-electron chi connectivity index (χ0n) is 37.8. The largest absolute Gasteiger partial charge is 0.504 e. The Morgan fingerprint density at radius 3 is 1.64 bits per heavy atom. The summed E-state index contributed by atoms with van der Waals surface area (Å²) in [5.74, 6) is 5.47. The first kappa shape index (κ1) is 46.8. The van der Waals surface area contributed by atoms with Crippen LogP contribution in [-0.2, 0) is 42.7 Å². The number of hydrogen-bond acceptors (Lipinski definition) is 14. The van der Waals surface area contributed by atoms with Gasteiger partial charge in [-0.05, 0) is 131 Å². The van der Waals surface area contributed by atoms with Gasteiger partial charge in [0, 0.05) is 43.4 Å². The second kappa shape index (κ2) is 17.7. The molecule has 16 heteroatoms. The lowest BCUT2D eigenvalue weighted by molar-refractivity contribution is -0.209. The van der Waals surface area contributed by atoms with Crippen LogP contribution in [0.4, 0.5) is 0 Å². The van der Waals surface area contributed by atoms with Crippen LogP contribution in [0.3, 0.4) is 0 Å². The van der Waals surface area contributed by atoms with Gasteiger partial charge in [0.05, 0.1) is 54.2 Å². The first-order valence-corrected chi connectivity index (χ1v) is 27.0. The van der Waals surface area contributed by atoms with E-state index < -0.39 is 56.6 Å². The number of aliphatic hydroxyl groups is 4. The van der Waals surface area contributed by atoms with E-state index in [1.807, 2.05) is 18.0 Å². The number of methoxy groups -OCH3 is 1. The average Bonchev–Trinajstić information content (AvgIpc) is 3.79. The van der Waals surface area contributed by atoms with E-state index in [0.29, 0.717) is 50.4 Å². The molecule has 4 aliphatic heterocycles. The molecule has 0 unspecified atom stereocenters. The number of alkyl halides is 1. The number of nitrogens with zero attached hydrogens (tertiary/aromatic N) is 2. The number of halogens is 1. The molecular formula is C48H69BrN2O12S. The lowest BCUT2D eigenvalue weighted by atomic mass is 9.48. The smallest absolute Gasteiger partial charge is 0.264 e. The number of phenolic OH excluding ortho intramolecular Hbond substituents is 1. The molecule has 5 N–H and O–H groups in total. The zero-order chi connectivity index (χ0) is 45.4. The van der Waals surface area contributed by atoms with Gasteiger partial charge in [-0.2, -0.15) is 8.42 Å². The molecule has 0 amide bonds. The third-order valence-corrected chi connectivity index (χ3v) is 18.0. The fourth-order valence-electron chi connectivity index (χ4n) is 14.0. The first-order chi connectivity index (χ1) is 30.7. The Morgan fingerprint density at radius 1 is 0.719 bits per heavy atom. The molecule has 6 fully saturated rings. The Morgan fingerprint density at radius 2 is 1.19 bits per heavy atom. The molecule has 2 aromatic rings. The van der Waals surface area contributed by atoms with Gasteiger partial charge in [0.15, 0.2) is 23.0 Å². The van der Waals surface area contributed by atoms with Gasteiger partial charge < -0.3 is 44.5 Å². The van der Waals surface area contributed by atoms with Crippen molar-refractivity contribution in [2.24, 2.45) is 11.8 Å². The Bertz CT molecular complexity index is 2160. The molecule has 0 radical (unpaired) electrons. The topological polar surface area (TPSA) is 188 Å². The van der Waals surface area contributed by atoms with Gasteiger partial charge in [-0.25, -0.2) is 0 Å². The van der Waals surface area contributed by atoms with E-state index >= 15 is 0 Å². The van der Waals surface area contributed by atoms with Crippen molar-refractivity contribution in [3.63, 3.8) is 0 Å². The van der Waals surface area contributed by atoms with Crippen LogP contribution in [0.15, 0.2) is 24.3 Å². The Labute approximate surface area is 386 Å². The van der Waals surface area contributed by atoms with Gasteiger partial charge >= 0.3 is 0 Å². The van der Waals surface area contributed by atoms with E-state index in [1.165, 1.54) is 49.7 Å². The highest BCUT2D eigenvalue weighted by molar-refractivity contribution is 9.08. The lowest BCUT2D eigenvalue weighted by Gasteiger charge is -2.64. The van der Waals surface area contributed by atoms with Crippen LogP contribution in [0.25, 0.3) is 0 Å². The molecule has 12 rings (SSSR count). The number of piperidine rings is 2. The fourth-order valence-corrected chi connectivity index (χ4v) is 14.0. The van der Waals surface area contributed by atoms with Crippen molar-refractivity contribution < 1.29 is 57.1 Å². The Balaban J connectivity index is 0.000000140. The van der Waals surface area contributed by atoms with Gasteiger partial charge in [0.2, 0.25) is 0 Å². The summed E-state index contributed by atoms with van der Waals surface area (Å²) < 4.78 is 47.2. The zero-order valence-corrected chi connectivity index (χ0v) is 40.2. The van der Waals surface area contributed by atoms with Crippen LogP contribution in [0.2, 0.25) is 0 Å². The standard InChI is InChI=1S/C24H33NO5.C21H27NO4.C2H6O3S.CH3Br/c1-28-11-12-29-18-6-5-16-13-19-24(27)8-7-17(26)22-23(24,20(16)21(18)30-22)9-10-25(19)14-15-3-2-4-15;23-14-5-4-13-10-16-21(25)7-6-15(24)19-20(21,17(13)18(14)26-19)8-9-22(16)11-12-2-1-3-12;1-5-6(2,3)4;1-2/h5-6,15,17,19,22,26-27H,2-4,7-14H2,1H3;4-5,12,15-16,19,23-25H,1-3,6-11H2;1-2H3;1H3/t17-,19+,22-,23-,24+;15-,16+,19-,20-,21+;;/m00../s1. The quantitative estimate of drug-likeness (QED) is 0.136. The minimum atomic E-state index is -3.16. The summed E-state index contributed by atoms with van der Waals surface area (Å²) >= 11 is 2.94. The monoisotopic (exact) mass is 976 g/mol. The first-order valence-electron chi connectivity index (χ1n) is 23.6. The number of phenols is 1. The summed E-state index contributed by atoms with van der Waals surface area (Å²) in [4.78, 5) is 5.09. The molecule has 0 aromatic heterocycles. The van der Waals surface area contributed by atoms with Crippen LogP contribution >= 0.6 is 15.9 Å². The molecule has 2 saturated heterocycles. The number of hydrogen-bond donors (Lipinski definition) is 5. The van der Waals surface area contributed by atoms with E-state index in [0.717, 1.165) is 93.9 Å². The molecule has 4 heterocycles. The predicted octanol–water partition coefficient (Wildman–Crippen LogP) is 4.34. The summed E-state index contributed by atoms with van der Waals surface area (Å²) in [6.07, 6.45) is 12.6. The summed E-state index contributed by atoms with van der Waals surface area (Å²) in [5, 5.41) is 56.5. The van der Waals surface area contributed by atoms with E-state index in [4.69, 9.17) is 18.9 Å². The Hall–Kier alpha value is -2.25. The minimum absolute atomic E-state index is 0.0819. The van der Waals surface area contributed by atoms with Gasteiger partial charge in [0.1, 0.15) is 18.8 Å². The molecule has 6 aliphatic carbocycles. The van der Waals surface area contributed by atoms with Crippen LogP contribution in [0, 0.1) is 11.8 Å². The molecule has 10 atom stereocenters. The van der Waals surface area contributed by atoms with Crippen LogP contribution in [0.1, 0.15) is 99.3 Å². The number of likely N-dealkylation sites (tertiary alicyclic amines) is 2. The maximum absolute atomic E-state index is 12.3. The van der Waals surface area contributed by atoms with Crippen LogP contribution < -0.4 is 14.2 Å². The molecule has 2 aromatic carbocycles. The SMILES string of the molecule is CBr.COCCOc1ccc2c3c1O[C@H]1[C@@H](O)CC[C@@]4(O)[C@@H](C2)N(CC2CCC2)CC[C@]314.COS(C)(=O)=O.Oc1ccc2c3c1O[C@H]1[C@@H](O)CC[C@@]4(O)[C@@H](C2)N(CC2CCC2)CC[C@]314. The van der Waals surface area contributed by atoms with Crippen molar-refractivity contribution in [2.45, 2.75) is 148 Å². The normalized spacial score (nSPS) is 37.3. The van der Waals surface area contributed by atoms with E-state index in [1.54, 1.807) is 13.2 Å². The number of aromatic hydroxyl groups is 1. The van der Waals surface area contributed by atoms with Crippen molar-refractivity contribution in [1.82, 2.24) is 9.80 Å². The third kappa shape index (κ3) is 7.16. The second-order valence-corrected chi connectivity index (χ2v) is 21.9. The molecule has 356 valence electrons. The second-order valence-electron chi connectivity index (χ2n) is 20.2. The third-order valence-electron chi connectivity index (χ3n) is 17.4. The number of rotatable bonds is 9. The van der Waals surface area contributed by atoms with Gasteiger partial charge in [-0.1, -0.05) is 40.9 Å². The van der Waals surface area contributed by atoms with Crippen molar-refractivity contribution in [3.8, 4) is 23.0 Å². The molecule has 4 saturated carbocycles. The van der Waals surface area contributed by atoms with Crippen LogP contribution in [0.5, 0.6) is 23.0 Å². The maximum Gasteiger partial charge on any atom is 0.264 e. The predicted molar refractivity (Wildman–Crippen MR) is 243 cm³/mol. The average molecular weight is 978 g/mol. The molecule has 14 nitrogen and oxygen atoms in total. The molecule has 2 spiro atoms. The molecule has 10 aliphatic rings. The molecular weight excluding hydrogens is 909 g/mol. The van der Waals surface area contributed by atoms with E-state index in [-0.39, 0.29) is 17.8 Å². The van der Waals surface area contributed by atoms with Crippen molar-refractivity contribution in [1.29, 1.82) is 0 Å². The molecule has 64 heavy (non-hydrogen) atoms. The Kier molecular flexibility index (Phi) is 12.9. The van der Waals surface area contributed by atoms with E-state index in [2.05, 4.69) is 36.0 Å². The minimum Gasteiger partial charge on any atom is -0.504 e. The number of aliphatic hydroxyl groups excluding tert-OH is 2. The summed E-state index contributed by atoms with van der Waals surface area (Å²) in [7, 11) is -0.382. The molecule has 4 bridgehead atoms. The van der Waals surface area contributed by atoms with Crippen LogP contribution in [-0.4, -0.2) is 157 Å². The maximum atomic E-state index is 12.3. The van der Waals surface area contributed by atoms with Crippen molar-refractivity contribution in [2.75, 3.05) is 65.7 Å². The highest BCUT2D eigenvalue weighted by Gasteiger charge is 2.74. The number of ether oxygens (including phenoxy) is 4. The van der Waals surface area contributed by atoms with Gasteiger partial charge in [-0.15, -0.1) is 0 Å². The summed E-state index contributed by atoms with van der Waals surface area (Å²) in [5.41, 5.74) is 1.69. The number of benzene rings is 2. The van der Waals surface area contributed by atoms with Crippen molar-refractivity contribution in [3.05, 3.63) is 46.5 Å². The lowest BCUT2D eigenvalue weighted by Crippen LogP contribution is -2.77.